The second-order valence-electron chi connectivity index (χ2n) is 7.33. The molecule has 1 saturated heterocycles. The van der Waals surface area contributed by atoms with Gasteiger partial charge >= 0.3 is 5.97 Å². The van der Waals surface area contributed by atoms with Crippen LogP contribution in [0.4, 0.5) is 0 Å². The first-order chi connectivity index (χ1) is 14.0. The lowest BCUT2D eigenvalue weighted by Gasteiger charge is -2.33. The van der Waals surface area contributed by atoms with Gasteiger partial charge in [-0.25, -0.2) is 9.78 Å². The van der Waals surface area contributed by atoms with E-state index < -0.39 is 11.5 Å². The summed E-state index contributed by atoms with van der Waals surface area (Å²) < 4.78 is 1.45. The highest BCUT2D eigenvalue weighted by Crippen LogP contribution is 2.28. The molecular formula is C22H21N3O4. The lowest BCUT2D eigenvalue weighted by atomic mass is 9.89. The molecule has 0 aliphatic carbocycles. The Morgan fingerprint density at radius 3 is 2.72 bits per heavy atom. The standard InChI is InChI=1S/C22H21N3O4/c1-24-18-10-3-2-9-17(18)23-19(20(24)26)21(27)25-11-5-8-16(13-25)14-6-4-7-15(12-14)22(28)29/h2-4,6-7,9-10,12,16H,5,8,11,13H2,1H3,(H,28,29). The first kappa shape index (κ1) is 18.9. The third kappa shape index (κ3) is 3.51. The summed E-state index contributed by atoms with van der Waals surface area (Å²) in [5.74, 6) is -1.33. The summed E-state index contributed by atoms with van der Waals surface area (Å²) in [6, 6.07) is 14.0. The van der Waals surface area contributed by atoms with Gasteiger partial charge in [-0.1, -0.05) is 24.3 Å². The van der Waals surface area contributed by atoms with Gasteiger partial charge in [0.05, 0.1) is 16.6 Å². The Morgan fingerprint density at radius 1 is 1.14 bits per heavy atom. The minimum absolute atomic E-state index is 0.0244. The molecule has 0 saturated carbocycles. The normalized spacial score (nSPS) is 16.7. The van der Waals surface area contributed by atoms with E-state index in [-0.39, 0.29) is 23.1 Å². The zero-order chi connectivity index (χ0) is 20.5. The van der Waals surface area contributed by atoms with Crippen molar-refractivity contribution in [2.45, 2.75) is 18.8 Å². The molecule has 2 aromatic carbocycles. The smallest absolute Gasteiger partial charge is 0.335 e. The average Bonchev–Trinajstić information content (AvgIpc) is 2.76. The maximum Gasteiger partial charge on any atom is 0.335 e. The maximum absolute atomic E-state index is 13.1. The Morgan fingerprint density at radius 2 is 1.93 bits per heavy atom. The second-order valence-corrected chi connectivity index (χ2v) is 7.33. The van der Waals surface area contributed by atoms with Gasteiger partial charge in [0.15, 0.2) is 5.69 Å². The number of aromatic carboxylic acids is 1. The largest absolute Gasteiger partial charge is 0.478 e. The van der Waals surface area contributed by atoms with Gasteiger partial charge in [0.25, 0.3) is 11.5 Å². The summed E-state index contributed by atoms with van der Waals surface area (Å²) in [6.07, 6.45) is 1.64. The van der Waals surface area contributed by atoms with Gasteiger partial charge in [0.1, 0.15) is 0 Å². The number of piperidine rings is 1. The van der Waals surface area contributed by atoms with Gasteiger partial charge < -0.3 is 14.6 Å². The molecule has 0 spiro atoms. The van der Waals surface area contributed by atoms with E-state index in [1.807, 2.05) is 18.2 Å². The Balaban J connectivity index is 1.64. The number of rotatable bonds is 3. The quantitative estimate of drug-likeness (QED) is 0.741. The number of aromatic nitrogens is 2. The molecule has 1 aliphatic heterocycles. The van der Waals surface area contributed by atoms with E-state index in [2.05, 4.69) is 4.98 Å². The number of carbonyl (C=O) groups excluding carboxylic acids is 1. The van der Waals surface area contributed by atoms with Crippen LogP contribution in [-0.4, -0.2) is 44.5 Å². The number of amides is 1. The van der Waals surface area contributed by atoms with Crippen molar-refractivity contribution in [3.63, 3.8) is 0 Å². The lowest BCUT2D eigenvalue weighted by molar-refractivity contribution is 0.0684. The predicted molar refractivity (Wildman–Crippen MR) is 108 cm³/mol. The van der Waals surface area contributed by atoms with Crippen molar-refractivity contribution < 1.29 is 14.7 Å². The molecule has 1 fully saturated rings. The molecular weight excluding hydrogens is 370 g/mol. The number of fused-ring (bicyclic) bond motifs is 1. The summed E-state index contributed by atoms with van der Waals surface area (Å²) in [6.45, 7) is 0.977. The zero-order valence-electron chi connectivity index (χ0n) is 16.0. The fourth-order valence-corrected chi connectivity index (χ4v) is 3.93. The third-order valence-corrected chi connectivity index (χ3v) is 5.50. The van der Waals surface area contributed by atoms with E-state index in [0.717, 1.165) is 18.4 Å². The van der Waals surface area contributed by atoms with E-state index in [1.165, 1.54) is 4.57 Å². The number of carboxylic acid groups (broad SMARTS) is 1. The molecule has 1 amide bonds. The number of para-hydroxylation sites is 2. The number of hydrogen-bond acceptors (Lipinski definition) is 4. The van der Waals surface area contributed by atoms with Crippen LogP contribution in [0.1, 0.15) is 45.2 Å². The first-order valence-corrected chi connectivity index (χ1v) is 9.54. The van der Waals surface area contributed by atoms with E-state index in [0.29, 0.717) is 24.1 Å². The molecule has 3 aromatic rings. The van der Waals surface area contributed by atoms with Crippen LogP contribution >= 0.6 is 0 Å². The van der Waals surface area contributed by atoms with Crippen molar-refractivity contribution in [3.8, 4) is 0 Å². The Bertz CT molecular complexity index is 1170. The van der Waals surface area contributed by atoms with Crippen LogP contribution in [0.15, 0.2) is 53.3 Å². The van der Waals surface area contributed by atoms with Gasteiger partial charge in [0, 0.05) is 26.1 Å². The molecule has 1 aliphatic rings. The average molecular weight is 391 g/mol. The topological polar surface area (TPSA) is 92.5 Å². The van der Waals surface area contributed by atoms with E-state index >= 15 is 0 Å². The number of likely N-dealkylation sites (tertiary alicyclic amines) is 1. The van der Waals surface area contributed by atoms with Crippen molar-refractivity contribution in [1.29, 1.82) is 0 Å². The van der Waals surface area contributed by atoms with Crippen molar-refractivity contribution in [2.75, 3.05) is 13.1 Å². The van der Waals surface area contributed by atoms with E-state index in [1.54, 1.807) is 42.3 Å². The fourth-order valence-electron chi connectivity index (χ4n) is 3.93. The van der Waals surface area contributed by atoms with Crippen LogP contribution < -0.4 is 5.56 Å². The number of carbonyl (C=O) groups is 2. The first-order valence-electron chi connectivity index (χ1n) is 9.54. The SMILES string of the molecule is Cn1c(=O)c(C(=O)N2CCCC(c3cccc(C(=O)O)c3)C2)nc2ccccc21. The Hall–Kier alpha value is -3.48. The number of carboxylic acids is 1. The molecule has 0 radical (unpaired) electrons. The highest BCUT2D eigenvalue weighted by molar-refractivity contribution is 5.94. The van der Waals surface area contributed by atoms with Crippen molar-refractivity contribution in [2.24, 2.45) is 7.05 Å². The number of nitrogens with zero attached hydrogens (tertiary/aromatic N) is 3. The zero-order valence-corrected chi connectivity index (χ0v) is 16.0. The minimum Gasteiger partial charge on any atom is -0.478 e. The number of aryl methyl sites for hydroxylation is 1. The van der Waals surface area contributed by atoms with Crippen LogP contribution in [0.2, 0.25) is 0 Å². The van der Waals surface area contributed by atoms with Crippen LogP contribution in [-0.2, 0) is 7.05 Å². The third-order valence-electron chi connectivity index (χ3n) is 5.50. The van der Waals surface area contributed by atoms with E-state index in [9.17, 15) is 19.5 Å². The predicted octanol–water partition coefficient (Wildman–Crippen LogP) is 2.65. The summed E-state index contributed by atoms with van der Waals surface area (Å²) in [7, 11) is 1.64. The summed E-state index contributed by atoms with van der Waals surface area (Å²) in [5.41, 5.74) is 1.91. The Kier molecular flexibility index (Phi) is 4.88. The summed E-state index contributed by atoms with van der Waals surface area (Å²) in [5, 5.41) is 9.23. The van der Waals surface area contributed by atoms with Crippen molar-refractivity contribution in [1.82, 2.24) is 14.5 Å². The van der Waals surface area contributed by atoms with Crippen molar-refractivity contribution in [3.05, 3.63) is 75.7 Å². The van der Waals surface area contributed by atoms with E-state index in [4.69, 9.17) is 0 Å². The highest BCUT2D eigenvalue weighted by atomic mass is 16.4. The summed E-state index contributed by atoms with van der Waals surface area (Å²) >= 11 is 0. The van der Waals surface area contributed by atoms with Crippen LogP contribution in [0.5, 0.6) is 0 Å². The summed E-state index contributed by atoms with van der Waals surface area (Å²) in [4.78, 5) is 43.1. The minimum atomic E-state index is -0.973. The molecule has 7 nitrogen and oxygen atoms in total. The monoisotopic (exact) mass is 391 g/mol. The fraction of sp³-hybridized carbons (Fsp3) is 0.273. The number of hydrogen-bond donors (Lipinski definition) is 1. The molecule has 1 N–H and O–H groups in total. The van der Waals surface area contributed by atoms with Gasteiger partial charge in [-0.15, -0.1) is 0 Å². The van der Waals surface area contributed by atoms with Crippen LogP contribution in [0, 0.1) is 0 Å². The molecule has 29 heavy (non-hydrogen) atoms. The van der Waals surface area contributed by atoms with Crippen LogP contribution in [0.25, 0.3) is 11.0 Å². The molecule has 148 valence electrons. The second kappa shape index (κ2) is 7.50. The molecule has 1 atom stereocenters. The van der Waals surface area contributed by atoms with Crippen LogP contribution in [0.3, 0.4) is 0 Å². The molecule has 2 heterocycles. The van der Waals surface area contributed by atoms with Gasteiger partial charge in [-0.2, -0.15) is 0 Å². The van der Waals surface area contributed by atoms with Gasteiger partial charge in [-0.3, -0.25) is 9.59 Å². The molecule has 0 bridgehead atoms. The number of benzene rings is 2. The molecule has 1 unspecified atom stereocenters. The van der Waals surface area contributed by atoms with Crippen molar-refractivity contribution >= 4 is 22.9 Å². The Labute approximate surface area is 167 Å². The highest BCUT2D eigenvalue weighted by Gasteiger charge is 2.28. The molecule has 1 aromatic heterocycles. The van der Waals surface area contributed by atoms with Gasteiger partial charge in [0.2, 0.25) is 0 Å². The molecule has 4 rings (SSSR count). The molecule has 7 heteroatoms. The lowest BCUT2D eigenvalue weighted by Crippen LogP contribution is -2.42. The maximum atomic E-state index is 13.1. The van der Waals surface area contributed by atoms with Gasteiger partial charge in [-0.05, 0) is 42.7 Å².